The maximum atomic E-state index is 11.3. The van der Waals surface area contributed by atoms with Crippen LogP contribution in [0.3, 0.4) is 0 Å². The van der Waals surface area contributed by atoms with E-state index in [1.165, 1.54) is 6.07 Å². The molecule has 0 heterocycles. The number of rotatable bonds is 3. The van der Waals surface area contributed by atoms with Crippen molar-refractivity contribution in [3.63, 3.8) is 0 Å². The van der Waals surface area contributed by atoms with E-state index in [1.54, 1.807) is 25.1 Å². The molecule has 0 saturated heterocycles. The van der Waals surface area contributed by atoms with E-state index < -0.39 is 11.3 Å². The van der Waals surface area contributed by atoms with Gasteiger partial charge in [-0.25, -0.2) is 0 Å². The highest BCUT2D eigenvalue weighted by atomic mass is 35.5. The zero-order valence-electron chi connectivity index (χ0n) is 8.16. The monoisotopic (exact) mass is 226 g/mol. The Bertz CT molecular complexity index is 391. The quantitative estimate of drug-likeness (QED) is 0.764. The zero-order chi connectivity index (χ0) is 11.4. The first-order valence-electron chi connectivity index (χ1n) is 4.36. The number of hydrogen-bond donors (Lipinski definition) is 2. The van der Waals surface area contributed by atoms with E-state index >= 15 is 0 Å². The molecule has 0 bridgehead atoms. The molecule has 0 radical (unpaired) electrons. The third kappa shape index (κ3) is 2.95. The summed E-state index contributed by atoms with van der Waals surface area (Å²) in [6.07, 6.45) is 0. The number of amides is 2. The predicted octanol–water partition coefficient (Wildman–Crippen LogP) is 1.35. The lowest BCUT2D eigenvalue weighted by Crippen LogP contribution is -2.23. The molecule has 3 N–H and O–H groups in total. The van der Waals surface area contributed by atoms with Gasteiger partial charge in [-0.1, -0.05) is 12.1 Å². The Morgan fingerprint density at radius 2 is 2.00 bits per heavy atom. The number of anilines is 1. The lowest BCUT2D eigenvalue weighted by Gasteiger charge is -2.09. The van der Waals surface area contributed by atoms with Crippen molar-refractivity contribution in [2.75, 3.05) is 5.32 Å². The second-order valence-electron chi connectivity index (χ2n) is 3.02. The maximum Gasteiger partial charge on any atom is 0.250 e. The maximum absolute atomic E-state index is 11.3. The van der Waals surface area contributed by atoms with Crippen LogP contribution in [0.25, 0.3) is 0 Å². The van der Waals surface area contributed by atoms with Crippen LogP contribution in [-0.4, -0.2) is 17.2 Å². The lowest BCUT2D eigenvalue weighted by molar-refractivity contribution is -0.115. The van der Waals surface area contributed by atoms with E-state index in [0.717, 1.165) is 0 Å². The van der Waals surface area contributed by atoms with E-state index in [-0.39, 0.29) is 11.5 Å². The minimum absolute atomic E-state index is 0.267. The molecule has 0 saturated carbocycles. The summed E-state index contributed by atoms with van der Waals surface area (Å²) in [6, 6.07) is 6.49. The van der Waals surface area contributed by atoms with Crippen LogP contribution >= 0.6 is 11.6 Å². The van der Waals surface area contributed by atoms with Gasteiger partial charge in [0.25, 0.3) is 5.91 Å². The number of carbonyl (C=O) groups is 2. The molecule has 2 amide bonds. The molecule has 0 aromatic heterocycles. The van der Waals surface area contributed by atoms with Gasteiger partial charge in [0.2, 0.25) is 5.91 Å². The summed E-state index contributed by atoms with van der Waals surface area (Å²) in [4.78, 5) is 22.3. The van der Waals surface area contributed by atoms with Gasteiger partial charge in [-0.05, 0) is 19.1 Å². The molecule has 15 heavy (non-hydrogen) atoms. The van der Waals surface area contributed by atoms with Crippen LogP contribution in [0.1, 0.15) is 17.3 Å². The Hall–Kier alpha value is -1.55. The van der Waals surface area contributed by atoms with Crippen molar-refractivity contribution in [3.05, 3.63) is 29.8 Å². The van der Waals surface area contributed by atoms with Crippen molar-refractivity contribution >= 4 is 29.1 Å². The summed E-state index contributed by atoms with van der Waals surface area (Å²) in [7, 11) is 0. The molecular formula is C10H11ClN2O2. The number of hydrogen-bond acceptors (Lipinski definition) is 2. The number of nitrogens with one attached hydrogen (secondary N) is 1. The Morgan fingerprint density at radius 3 is 2.53 bits per heavy atom. The highest BCUT2D eigenvalue weighted by Crippen LogP contribution is 2.14. The second kappa shape index (κ2) is 4.79. The van der Waals surface area contributed by atoms with Gasteiger partial charge in [0, 0.05) is 0 Å². The average molecular weight is 227 g/mol. The molecule has 0 aliphatic carbocycles. The van der Waals surface area contributed by atoms with Gasteiger partial charge in [-0.2, -0.15) is 0 Å². The molecule has 5 heteroatoms. The van der Waals surface area contributed by atoms with Crippen molar-refractivity contribution < 1.29 is 9.59 Å². The second-order valence-corrected chi connectivity index (χ2v) is 3.67. The van der Waals surface area contributed by atoms with E-state index in [9.17, 15) is 9.59 Å². The fourth-order valence-electron chi connectivity index (χ4n) is 1.04. The molecule has 1 aromatic carbocycles. The van der Waals surface area contributed by atoms with Crippen molar-refractivity contribution in [2.24, 2.45) is 5.73 Å². The molecule has 1 atom stereocenters. The highest BCUT2D eigenvalue weighted by molar-refractivity contribution is 6.32. The van der Waals surface area contributed by atoms with Crippen molar-refractivity contribution in [3.8, 4) is 0 Å². The summed E-state index contributed by atoms with van der Waals surface area (Å²) < 4.78 is 0. The zero-order valence-corrected chi connectivity index (χ0v) is 8.91. The SMILES string of the molecule is C[C@H](Cl)C(=O)Nc1ccccc1C(N)=O. The number of carbonyl (C=O) groups excluding carboxylic acids is 2. The fourth-order valence-corrected chi connectivity index (χ4v) is 1.09. The standard InChI is InChI=1S/C10H11ClN2O2/c1-6(11)10(15)13-8-5-3-2-4-7(8)9(12)14/h2-6H,1H3,(H2,12,14)(H,13,15)/t6-/m0/s1. The molecule has 4 nitrogen and oxygen atoms in total. The van der Waals surface area contributed by atoms with Crippen LogP contribution in [0.15, 0.2) is 24.3 Å². The average Bonchev–Trinajstić information content (AvgIpc) is 2.18. The van der Waals surface area contributed by atoms with Crippen LogP contribution < -0.4 is 11.1 Å². The molecule has 0 spiro atoms. The van der Waals surface area contributed by atoms with E-state index in [2.05, 4.69) is 5.32 Å². The van der Waals surface area contributed by atoms with Crippen LogP contribution in [0.5, 0.6) is 0 Å². The first-order valence-corrected chi connectivity index (χ1v) is 4.79. The summed E-state index contributed by atoms with van der Waals surface area (Å²) in [5, 5.41) is 1.86. The Labute approximate surface area is 92.4 Å². The van der Waals surface area contributed by atoms with Crippen molar-refractivity contribution in [2.45, 2.75) is 12.3 Å². The van der Waals surface area contributed by atoms with Gasteiger partial charge in [0.1, 0.15) is 5.38 Å². The van der Waals surface area contributed by atoms with Gasteiger partial charge < -0.3 is 11.1 Å². The minimum Gasteiger partial charge on any atom is -0.366 e. The summed E-state index contributed by atoms with van der Waals surface area (Å²) >= 11 is 5.58. The summed E-state index contributed by atoms with van der Waals surface area (Å²) in [6.45, 7) is 1.55. The van der Waals surface area contributed by atoms with E-state index in [1.807, 2.05) is 0 Å². The smallest absolute Gasteiger partial charge is 0.250 e. The number of alkyl halides is 1. The first-order chi connectivity index (χ1) is 7.02. The molecule has 0 fully saturated rings. The minimum atomic E-state index is -0.661. The van der Waals surface area contributed by atoms with Crippen LogP contribution in [0, 0.1) is 0 Å². The lowest BCUT2D eigenvalue weighted by atomic mass is 10.1. The van der Waals surface area contributed by atoms with Crippen molar-refractivity contribution in [1.29, 1.82) is 0 Å². The Morgan fingerprint density at radius 1 is 1.40 bits per heavy atom. The van der Waals surface area contributed by atoms with Crippen LogP contribution in [0.4, 0.5) is 5.69 Å². The normalized spacial score (nSPS) is 11.9. The highest BCUT2D eigenvalue weighted by Gasteiger charge is 2.13. The molecule has 80 valence electrons. The molecule has 1 rings (SSSR count). The number of nitrogens with two attached hydrogens (primary N) is 1. The first kappa shape index (κ1) is 11.5. The number of halogens is 1. The third-order valence-corrected chi connectivity index (χ3v) is 2.01. The van der Waals surface area contributed by atoms with Gasteiger partial charge in [-0.15, -0.1) is 11.6 Å². The largest absolute Gasteiger partial charge is 0.366 e. The van der Waals surface area contributed by atoms with Gasteiger partial charge >= 0.3 is 0 Å². The molecule has 0 unspecified atom stereocenters. The van der Waals surface area contributed by atoms with Crippen LogP contribution in [0.2, 0.25) is 0 Å². The van der Waals surface area contributed by atoms with E-state index in [4.69, 9.17) is 17.3 Å². The fraction of sp³-hybridized carbons (Fsp3) is 0.200. The number of benzene rings is 1. The Balaban J connectivity index is 2.94. The van der Waals surface area contributed by atoms with Crippen LogP contribution in [-0.2, 0) is 4.79 Å². The summed E-state index contributed by atoms with van der Waals surface area (Å²) in [5.41, 5.74) is 5.79. The van der Waals surface area contributed by atoms with E-state index in [0.29, 0.717) is 5.69 Å². The predicted molar refractivity (Wildman–Crippen MR) is 58.9 cm³/mol. The molecular weight excluding hydrogens is 216 g/mol. The topological polar surface area (TPSA) is 72.2 Å². The van der Waals surface area contributed by atoms with Gasteiger partial charge in [0.05, 0.1) is 11.3 Å². The van der Waals surface area contributed by atoms with Gasteiger partial charge in [0.15, 0.2) is 0 Å². The third-order valence-electron chi connectivity index (χ3n) is 1.81. The number of primary amides is 1. The molecule has 0 aliphatic rings. The van der Waals surface area contributed by atoms with Gasteiger partial charge in [-0.3, -0.25) is 9.59 Å². The summed E-state index contributed by atoms with van der Waals surface area (Å²) in [5.74, 6) is -0.960. The van der Waals surface area contributed by atoms with Crippen molar-refractivity contribution in [1.82, 2.24) is 0 Å². The Kier molecular flexibility index (Phi) is 3.68. The number of para-hydroxylation sites is 1. The molecule has 1 aromatic rings. The molecule has 0 aliphatic heterocycles.